The Hall–Kier alpha value is -1.80. The number of hydrogen-bond donors (Lipinski definition) is 0. The molecule has 1 amide bonds. The van der Waals surface area contributed by atoms with Crippen molar-refractivity contribution in [3.63, 3.8) is 0 Å². The fourth-order valence-corrected chi connectivity index (χ4v) is 14.6. The van der Waals surface area contributed by atoms with Crippen molar-refractivity contribution >= 4 is 28.9 Å². The van der Waals surface area contributed by atoms with Gasteiger partial charge in [-0.3, -0.25) is 14.4 Å². The largest absolute Gasteiger partial charge is 0.462 e. The van der Waals surface area contributed by atoms with Crippen molar-refractivity contribution in [3.05, 3.63) is 23.8 Å². The molecule has 0 heterocycles. The molecule has 1 unspecified atom stereocenters. The number of carbonyl (C=O) groups is 3. The first-order valence-electron chi connectivity index (χ1n) is 26.6. The van der Waals surface area contributed by atoms with Gasteiger partial charge in [0.1, 0.15) is 12.7 Å². The molecule has 7 nitrogen and oxygen atoms in total. The minimum atomic E-state index is -0.119. The normalized spacial score (nSPS) is 30.5. The number of hydrogen-bond acceptors (Lipinski definition) is 7. The number of fused-ring (bicyclic) bond motifs is 5. The Morgan fingerprint density at radius 1 is 0.750 bits per heavy atom. The number of amides is 1. The highest BCUT2D eigenvalue weighted by Gasteiger charge is 2.73. The minimum Gasteiger partial charge on any atom is -0.462 e. The molecular weight excluding hydrogens is 813 g/mol. The van der Waals surface area contributed by atoms with Crippen LogP contribution in [-0.4, -0.2) is 79.2 Å². The lowest BCUT2D eigenvalue weighted by Crippen LogP contribution is -2.66. The van der Waals surface area contributed by atoms with Gasteiger partial charge in [-0.1, -0.05) is 156 Å². The zero-order valence-electron chi connectivity index (χ0n) is 43.4. The summed E-state index contributed by atoms with van der Waals surface area (Å²) in [6.45, 7) is 25.4. The van der Waals surface area contributed by atoms with Crippen LogP contribution in [0.4, 0.5) is 4.79 Å². The van der Waals surface area contributed by atoms with Gasteiger partial charge in [-0.25, -0.2) is 0 Å². The third kappa shape index (κ3) is 13.5. The SMILES string of the molecule is CCCCCC/C=C\COC(=O)CCCCCCCN(CCCC(=O)O[C@H]1CC[C@@]2(C)C(=CC[C@]3(C)[C@]2(C)CC[C@]2(C)C([C@H](C)CCCC(C)C)CC[C@@]32C)C1)C(=O)SCCN(C)C. The summed E-state index contributed by atoms with van der Waals surface area (Å²) in [6.07, 6.45) is 32.3. The van der Waals surface area contributed by atoms with Gasteiger partial charge < -0.3 is 19.3 Å². The van der Waals surface area contributed by atoms with Crippen LogP contribution < -0.4 is 0 Å². The van der Waals surface area contributed by atoms with E-state index < -0.39 is 0 Å². The van der Waals surface area contributed by atoms with Crippen molar-refractivity contribution in [1.29, 1.82) is 0 Å². The standard InChI is InChI=1S/C56H98N2O5S/c1-12-13-14-15-16-20-23-41-62-49(59)28-21-18-17-19-22-38-58(51(61)64-42-40-57(10)11)39-25-29-50(60)63-47-31-33-52(5)46(43-47)30-34-56(9)54(7)35-32-48(45(4)27-24-26-44(2)3)53(54,6)36-37-55(52,56)8/h20,23,30,44-45,47-48H,12-19,21-22,24-29,31-43H2,1-11H3/b23-20-/t45-,47+,48?,52+,53-,54-,55-,56+/m1/s1. The Bertz CT molecular complexity index is 1530. The van der Waals surface area contributed by atoms with Crippen molar-refractivity contribution in [2.24, 2.45) is 44.8 Å². The van der Waals surface area contributed by atoms with E-state index >= 15 is 0 Å². The van der Waals surface area contributed by atoms with E-state index in [1.54, 1.807) is 5.57 Å². The molecular formula is C56H98N2O5S. The number of unbranched alkanes of at least 4 members (excludes halogenated alkanes) is 8. The summed E-state index contributed by atoms with van der Waals surface area (Å²) in [6, 6.07) is 0. The highest BCUT2D eigenvalue weighted by atomic mass is 32.2. The van der Waals surface area contributed by atoms with Crippen molar-refractivity contribution in [2.75, 3.05) is 46.1 Å². The molecule has 0 spiro atoms. The maximum atomic E-state index is 13.4. The van der Waals surface area contributed by atoms with Gasteiger partial charge in [0.05, 0.1) is 0 Å². The van der Waals surface area contributed by atoms with Gasteiger partial charge in [-0.2, -0.15) is 0 Å². The Morgan fingerprint density at radius 2 is 1.45 bits per heavy atom. The lowest BCUT2D eigenvalue weighted by atomic mass is 9.31. The molecule has 0 aromatic carbocycles. The molecule has 0 aromatic rings. The smallest absolute Gasteiger partial charge is 0.306 e. The van der Waals surface area contributed by atoms with Gasteiger partial charge in [0.2, 0.25) is 0 Å². The lowest BCUT2D eigenvalue weighted by Gasteiger charge is -2.73. The molecule has 4 aliphatic carbocycles. The Balaban J connectivity index is 1.23. The van der Waals surface area contributed by atoms with Crippen LogP contribution in [0.3, 0.4) is 0 Å². The van der Waals surface area contributed by atoms with E-state index in [1.165, 1.54) is 82.4 Å². The predicted molar refractivity (Wildman–Crippen MR) is 271 cm³/mol. The summed E-state index contributed by atoms with van der Waals surface area (Å²) in [5.74, 6) is 2.91. The fraction of sp³-hybridized carbons (Fsp3) is 0.875. The minimum absolute atomic E-state index is 0.0603. The molecule has 0 aromatic heterocycles. The van der Waals surface area contributed by atoms with E-state index in [0.29, 0.717) is 49.8 Å². The van der Waals surface area contributed by atoms with Crippen LogP contribution in [0, 0.1) is 44.8 Å². The summed E-state index contributed by atoms with van der Waals surface area (Å²) < 4.78 is 11.7. The second kappa shape index (κ2) is 25.5. The molecule has 0 radical (unpaired) electrons. The van der Waals surface area contributed by atoms with Crippen LogP contribution in [0.5, 0.6) is 0 Å². The molecule has 0 bridgehead atoms. The zero-order chi connectivity index (χ0) is 47.0. The number of allylic oxidation sites excluding steroid dienone is 2. The van der Waals surface area contributed by atoms with Crippen LogP contribution in [-0.2, 0) is 19.1 Å². The number of ether oxygens (including phenoxy) is 2. The van der Waals surface area contributed by atoms with Gasteiger partial charge in [0, 0.05) is 44.6 Å². The van der Waals surface area contributed by atoms with E-state index in [4.69, 9.17) is 9.47 Å². The van der Waals surface area contributed by atoms with Crippen LogP contribution in [0.15, 0.2) is 23.8 Å². The zero-order valence-corrected chi connectivity index (χ0v) is 44.2. The van der Waals surface area contributed by atoms with Gasteiger partial charge in [-0.05, 0) is 136 Å². The average molecular weight is 911 g/mol. The maximum absolute atomic E-state index is 13.4. The molecule has 0 N–H and O–H groups in total. The van der Waals surface area contributed by atoms with Gasteiger partial charge in [0.25, 0.3) is 5.24 Å². The quantitative estimate of drug-likeness (QED) is 0.0440. The van der Waals surface area contributed by atoms with Crippen molar-refractivity contribution in [1.82, 2.24) is 9.80 Å². The van der Waals surface area contributed by atoms with E-state index in [2.05, 4.69) is 79.4 Å². The van der Waals surface area contributed by atoms with Crippen molar-refractivity contribution in [3.8, 4) is 0 Å². The van der Waals surface area contributed by atoms with Crippen LogP contribution in [0.25, 0.3) is 0 Å². The lowest BCUT2D eigenvalue weighted by molar-refractivity contribution is -0.223. The monoisotopic (exact) mass is 911 g/mol. The molecule has 4 rings (SSSR count). The molecule has 3 fully saturated rings. The second-order valence-electron chi connectivity index (χ2n) is 23.0. The predicted octanol–water partition coefficient (Wildman–Crippen LogP) is 15.0. The molecule has 368 valence electrons. The molecule has 4 aliphatic rings. The number of thioether (sulfide) groups is 1. The number of carbonyl (C=O) groups excluding carboxylic acids is 3. The summed E-state index contributed by atoms with van der Waals surface area (Å²) >= 11 is 1.38. The Labute approximate surface area is 398 Å². The first-order chi connectivity index (χ1) is 30.4. The highest BCUT2D eigenvalue weighted by Crippen LogP contribution is 2.81. The van der Waals surface area contributed by atoms with Crippen molar-refractivity contribution < 1.29 is 23.9 Å². The number of nitrogens with zero attached hydrogens (tertiary/aromatic N) is 2. The molecule has 8 heteroatoms. The number of esters is 2. The third-order valence-corrected chi connectivity index (χ3v) is 19.4. The first kappa shape index (κ1) is 54.8. The Morgan fingerprint density at radius 3 is 2.19 bits per heavy atom. The number of rotatable bonds is 28. The second-order valence-corrected chi connectivity index (χ2v) is 24.1. The van der Waals surface area contributed by atoms with Gasteiger partial charge in [-0.15, -0.1) is 0 Å². The van der Waals surface area contributed by atoms with Gasteiger partial charge >= 0.3 is 11.9 Å². The third-order valence-electron chi connectivity index (χ3n) is 18.5. The molecule has 0 aliphatic heterocycles. The highest BCUT2D eigenvalue weighted by molar-refractivity contribution is 8.13. The van der Waals surface area contributed by atoms with Crippen LogP contribution in [0.2, 0.25) is 0 Å². The summed E-state index contributed by atoms with van der Waals surface area (Å²) in [7, 11) is 4.06. The van der Waals surface area contributed by atoms with E-state index in [0.717, 1.165) is 94.3 Å². The first-order valence-corrected chi connectivity index (χ1v) is 27.6. The summed E-state index contributed by atoms with van der Waals surface area (Å²) in [5.41, 5.74) is 2.79. The van der Waals surface area contributed by atoms with E-state index in [9.17, 15) is 14.4 Å². The molecule has 0 saturated heterocycles. The average Bonchev–Trinajstić information content (AvgIpc) is 3.53. The van der Waals surface area contributed by atoms with E-state index in [-0.39, 0.29) is 39.5 Å². The van der Waals surface area contributed by atoms with Crippen LogP contribution >= 0.6 is 11.8 Å². The van der Waals surface area contributed by atoms with Crippen molar-refractivity contribution in [2.45, 2.75) is 223 Å². The van der Waals surface area contributed by atoms with E-state index in [1.807, 2.05) is 25.1 Å². The fourth-order valence-electron chi connectivity index (χ4n) is 13.6. The molecule has 64 heavy (non-hydrogen) atoms. The molecule has 3 saturated carbocycles. The molecule has 8 atom stereocenters. The summed E-state index contributed by atoms with van der Waals surface area (Å²) in [5, 5.41) is 0.102. The topological polar surface area (TPSA) is 76.1 Å². The maximum Gasteiger partial charge on any atom is 0.306 e. The van der Waals surface area contributed by atoms with Crippen LogP contribution in [0.1, 0.15) is 216 Å². The summed E-state index contributed by atoms with van der Waals surface area (Å²) in [4.78, 5) is 43.0. The van der Waals surface area contributed by atoms with Gasteiger partial charge in [0.15, 0.2) is 0 Å². The Kier molecular flexibility index (Phi) is 21.9.